The minimum atomic E-state index is -0.102. The van der Waals surface area contributed by atoms with Crippen LogP contribution < -0.4 is 4.74 Å². The van der Waals surface area contributed by atoms with Gasteiger partial charge in [-0.3, -0.25) is 0 Å². The van der Waals surface area contributed by atoms with Crippen LogP contribution in [0.25, 0.3) is 0 Å². The number of nitriles is 1. The van der Waals surface area contributed by atoms with Crippen LogP contribution in [0.1, 0.15) is 17.9 Å². The molecule has 0 aliphatic heterocycles. The Balaban J connectivity index is 1.88. The summed E-state index contributed by atoms with van der Waals surface area (Å²) in [5.74, 6) is 0.747. The number of hydrogen-bond acceptors (Lipinski definition) is 2. The van der Waals surface area contributed by atoms with E-state index in [0.29, 0.717) is 13.0 Å². The van der Waals surface area contributed by atoms with Crippen LogP contribution >= 0.6 is 0 Å². The van der Waals surface area contributed by atoms with Gasteiger partial charge in [-0.05, 0) is 17.7 Å². The van der Waals surface area contributed by atoms with E-state index in [1.165, 1.54) is 0 Å². The van der Waals surface area contributed by atoms with E-state index < -0.39 is 0 Å². The van der Waals surface area contributed by atoms with Crippen LogP contribution in [0.2, 0.25) is 0 Å². The Morgan fingerprint density at radius 2 is 1.56 bits per heavy atom. The van der Waals surface area contributed by atoms with Crippen molar-refractivity contribution in [3.8, 4) is 11.8 Å². The summed E-state index contributed by atoms with van der Waals surface area (Å²) in [5, 5.41) is 9.17. The van der Waals surface area contributed by atoms with Crippen LogP contribution in [0.15, 0.2) is 60.7 Å². The van der Waals surface area contributed by atoms with Gasteiger partial charge in [-0.2, -0.15) is 5.26 Å². The van der Waals surface area contributed by atoms with Gasteiger partial charge in [0.1, 0.15) is 5.75 Å². The molecule has 0 heterocycles. The molecule has 2 aromatic carbocycles. The second-order valence-electron chi connectivity index (χ2n) is 4.04. The maximum absolute atomic E-state index is 9.17. The van der Waals surface area contributed by atoms with Crippen LogP contribution in [0.4, 0.5) is 0 Å². The van der Waals surface area contributed by atoms with E-state index in [4.69, 9.17) is 4.74 Å². The predicted molar refractivity (Wildman–Crippen MR) is 71.4 cm³/mol. The van der Waals surface area contributed by atoms with Crippen molar-refractivity contribution in [1.82, 2.24) is 0 Å². The van der Waals surface area contributed by atoms with Crippen LogP contribution in [-0.2, 0) is 0 Å². The normalized spacial score (nSPS) is 11.5. The summed E-state index contributed by atoms with van der Waals surface area (Å²) >= 11 is 0. The number of benzene rings is 2. The average Bonchev–Trinajstić information content (AvgIpc) is 2.46. The van der Waals surface area contributed by atoms with Crippen molar-refractivity contribution in [2.24, 2.45) is 0 Å². The Hall–Kier alpha value is -2.27. The molecule has 90 valence electrons. The molecular formula is C16H15NO. The summed E-state index contributed by atoms with van der Waals surface area (Å²) < 4.78 is 5.61. The number of ether oxygens (including phenoxy) is 1. The molecule has 0 amide bonds. The molecule has 1 atom stereocenters. The summed E-state index contributed by atoms with van der Waals surface area (Å²) in [4.78, 5) is 0. The van der Waals surface area contributed by atoms with Crippen molar-refractivity contribution in [2.45, 2.75) is 12.3 Å². The molecule has 0 aliphatic rings. The van der Waals surface area contributed by atoms with E-state index in [1.807, 2.05) is 60.7 Å². The lowest BCUT2D eigenvalue weighted by molar-refractivity contribution is 0.306. The molecule has 2 heteroatoms. The Morgan fingerprint density at radius 1 is 0.944 bits per heavy atom. The summed E-state index contributed by atoms with van der Waals surface area (Å²) in [5.41, 5.74) is 1.05. The van der Waals surface area contributed by atoms with Gasteiger partial charge >= 0.3 is 0 Å². The van der Waals surface area contributed by atoms with E-state index in [-0.39, 0.29) is 5.92 Å². The Morgan fingerprint density at radius 3 is 2.17 bits per heavy atom. The predicted octanol–water partition coefficient (Wildman–Crippen LogP) is 3.76. The molecule has 2 rings (SSSR count). The molecule has 18 heavy (non-hydrogen) atoms. The first-order valence-electron chi connectivity index (χ1n) is 6.02. The Kier molecular flexibility index (Phi) is 4.38. The third-order valence-electron chi connectivity index (χ3n) is 2.78. The second-order valence-corrected chi connectivity index (χ2v) is 4.04. The first kappa shape index (κ1) is 12.2. The van der Waals surface area contributed by atoms with Gasteiger partial charge < -0.3 is 4.74 Å². The maximum Gasteiger partial charge on any atom is 0.119 e. The molecule has 2 aromatic rings. The molecular weight excluding hydrogens is 222 g/mol. The van der Waals surface area contributed by atoms with Crippen molar-refractivity contribution in [2.75, 3.05) is 6.61 Å². The van der Waals surface area contributed by atoms with E-state index in [2.05, 4.69) is 6.07 Å². The minimum absolute atomic E-state index is 0.102. The molecule has 0 N–H and O–H groups in total. The van der Waals surface area contributed by atoms with E-state index in [1.54, 1.807) is 0 Å². The van der Waals surface area contributed by atoms with Crippen LogP contribution in [0.3, 0.4) is 0 Å². The van der Waals surface area contributed by atoms with E-state index in [9.17, 15) is 5.26 Å². The van der Waals surface area contributed by atoms with Gasteiger partial charge in [-0.15, -0.1) is 0 Å². The Labute approximate surface area is 107 Å². The minimum Gasteiger partial charge on any atom is -0.494 e. The van der Waals surface area contributed by atoms with Crippen molar-refractivity contribution in [1.29, 1.82) is 5.26 Å². The van der Waals surface area contributed by atoms with Crippen LogP contribution in [-0.4, -0.2) is 6.61 Å². The van der Waals surface area contributed by atoms with Crippen molar-refractivity contribution in [3.05, 3.63) is 66.2 Å². The summed E-state index contributed by atoms with van der Waals surface area (Å²) in [6, 6.07) is 21.8. The van der Waals surface area contributed by atoms with Gasteiger partial charge in [0.15, 0.2) is 0 Å². The second kappa shape index (κ2) is 6.46. The van der Waals surface area contributed by atoms with Gasteiger partial charge in [-0.1, -0.05) is 48.5 Å². The molecule has 2 nitrogen and oxygen atoms in total. The maximum atomic E-state index is 9.17. The summed E-state index contributed by atoms with van der Waals surface area (Å²) in [6.07, 6.45) is 0.704. The lowest BCUT2D eigenvalue weighted by atomic mass is 9.98. The van der Waals surface area contributed by atoms with Gasteiger partial charge in [0.25, 0.3) is 0 Å². The average molecular weight is 237 g/mol. The zero-order valence-corrected chi connectivity index (χ0v) is 10.1. The SMILES string of the molecule is N#C[C@H](CCOc1ccccc1)c1ccccc1. The van der Waals surface area contributed by atoms with Crippen LogP contribution in [0, 0.1) is 11.3 Å². The van der Waals surface area contributed by atoms with Crippen molar-refractivity contribution >= 4 is 0 Å². The van der Waals surface area contributed by atoms with Gasteiger partial charge in [0, 0.05) is 6.42 Å². The fourth-order valence-electron chi connectivity index (χ4n) is 1.80. The first-order valence-corrected chi connectivity index (χ1v) is 6.02. The smallest absolute Gasteiger partial charge is 0.119 e. The summed E-state index contributed by atoms with van der Waals surface area (Å²) in [7, 11) is 0. The standard InChI is InChI=1S/C16H15NO/c17-13-15(14-7-3-1-4-8-14)11-12-18-16-9-5-2-6-10-16/h1-10,15H,11-12H2/t15-/m0/s1. The topological polar surface area (TPSA) is 33.0 Å². The van der Waals surface area contributed by atoms with E-state index >= 15 is 0 Å². The molecule has 0 saturated heterocycles. The molecule has 0 aliphatic carbocycles. The number of nitrogens with zero attached hydrogens (tertiary/aromatic N) is 1. The van der Waals surface area contributed by atoms with Crippen molar-refractivity contribution < 1.29 is 4.74 Å². The van der Waals surface area contributed by atoms with Gasteiger partial charge in [-0.25, -0.2) is 0 Å². The highest BCUT2D eigenvalue weighted by atomic mass is 16.5. The lowest BCUT2D eigenvalue weighted by Crippen LogP contribution is -2.04. The quantitative estimate of drug-likeness (QED) is 0.793. The highest BCUT2D eigenvalue weighted by molar-refractivity contribution is 5.25. The van der Waals surface area contributed by atoms with E-state index in [0.717, 1.165) is 11.3 Å². The molecule has 0 fully saturated rings. The molecule has 0 unspecified atom stereocenters. The third-order valence-corrected chi connectivity index (χ3v) is 2.78. The fourth-order valence-corrected chi connectivity index (χ4v) is 1.80. The molecule has 0 radical (unpaired) electrons. The highest BCUT2D eigenvalue weighted by Gasteiger charge is 2.09. The molecule has 0 aromatic heterocycles. The lowest BCUT2D eigenvalue weighted by Gasteiger charge is -2.10. The molecule has 0 bridgehead atoms. The number of para-hydroxylation sites is 1. The fraction of sp³-hybridized carbons (Fsp3) is 0.188. The monoisotopic (exact) mass is 237 g/mol. The third kappa shape index (κ3) is 3.36. The van der Waals surface area contributed by atoms with Gasteiger partial charge in [0.2, 0.25) is 0 Å². The van der Waals surface area contributed by atoms with Crippen LogP contribution in [0.5, 0.6) is 5.75 Å². The summed E-state index contributed by atoms with van der Waals surface area (Å²) in [6.45, 7) is 0.553. The van der Waals surface area contributed by atoms with Crippen molar-refractivity contribution in [3.63, 3.8) is 0 Å². The number of hydrogen-bond donors (Lipinski definition) is 0. The largest absolute Gasteiger partial charge is 0.494 e. The number of rotatable bonds is 5. The first-order chi connectivity index (χ1) is 8.90. The molecule has 0 spiro atoms. The zero-order chi connectivity index (χ0) is 12.6. The highest BCUT2D eigenvalue weighted by Crippen LogP contribution is 2.19. The van der Waals surface area contributed by atoms with Gasteiger partial charge in [0.05, 0.1) is 18.6 Å². The zero-order valence-electron chi connectivity index (χ0n) is 10.1. The molecule has 0 saturated carbocycles. The Bertz CT molecular complexity index is 502.